The number of nitrogens with one attached hydrogen (secondary N) is 2. The summed E-state index contributed by atoms with van der Waals surface area (Å²) in [5, 5.41) is 16.9. The van der Waals surface area contributed by atoms with Gasteiger partial charge in [-0.25, -0.2) is 0 Å². The fourth-order valence-electron chi connectivity index (χ4n) is 3.09. The second kappa shape index (κ2) is 5.12. The van der Waals surface area contributed by atoms with Crippen LogP contribution < -0.4 is 20.1 Å². The third-order valence-corrected chi connectivity index (χ3v) is 4.37. The third-order valence-electron chi connectivity index (χ3n) is 4.37. The highest BCUT2D eigenvalue weighted by Crippen LogP contribution is 2.42. The van der Waals surface area contributed by atoms with E-state index in [9.17, 15) is 14.9 Å². The van der Waals surface area contributed by atoms with Crippen molar-refractivity contribution in [3.63, 3.8) is 0 Å². The molecule has 0 saturated heterocycles. The number of ketones is 1. The second-order valence-electron chi connectivity index (χ2n) is 5.92. The Hall–Kier alpha value is -3.75. The summed E-state index contributed by atoms with van der Waals surface area (Å²) in [7, 11) is 0. The summed E-state index contributed by atoms with van der Waals surface area (Å²) in [5.41, 5.74) is 1.90. The molecule has 5 rings (SSSR count). The molecule has 0 fully saturated rings. The molecule has 1 atom stereocenters. The number of hydrogen-bond donors (Lipinski definition) is 2. The molecule has 2 N–H and O–H groups in total. The molecule has 9 nitrogen and oxygen atoms in total. The van der Waals surface area contributed by atoms with Gasteiger partial charge in [0.2, 0.25) is 18.5 Å². The molecular weight excluding hydrogens is 342 g/mol. The lowest BCUT2D eigenvalue weighted by Crippen LogP contribution is -2.18. The predicted molar refractivity (Wildman–Crippen MR) is 88.8 cm³/mol. The van der Waals surface area contributed by atoms with Crippen molar-refractivity contribution in [1.29, 1.82) is 0 Å². The number of nitro benzene ring substituents is 1. The van der Waals surface area contributed by atoms with Gasteiger partial charge in [-0.15, -0.1) is 0 Å². The summed E-state index contributed by atoms with van der Waals surface area (Å²) >= 11 is 0. The van der Waals surface area contributed by atoms with Crippen molar-refractivity contribution in [2.45, 2.75) is 6.10 Å². The van der Waals surface area contributed by atoms with Crippen LogP contribution in [0.4, 0.5) is 17.1 Å². The summed E-state index contributed by atoms with van der Waals surface area (Å²) < 4.78 is 16.4. The number of hydrogen-bond acceptors (Lipinski definition) is 8. The van der Waals surface area contributed by atoms with Crippen LogP contribution in [0, 0.1) is 10.1 Å². The van der Waals surface area contributed by atoms with E-state index in [4.69, 9.17) is 14.2 Å². The minimum atomic E-state index is -0.834. The molecule has 0 radical (unpaired) electrons. The van der Waals surface area contributed by atoms with E-state index in [0.717, 1.165) is 0 Å². The van der Waals surface area contributed by atoms with Gasteiger partial charge < -0.3 is 24.8 Å². The molecule has 0 saturated carbocycles. The molecule has 0 unspecified atom stereocenters. The van der Waals surface area contributed by atoms with Gasteiger partial charge in [-0.05, 0) is 18.2 Å². The Kier molecular flexibility index (Phi) is 2.87. The number of benzene rings is 2. The lowest BCUT2D eigenvalue weighted by molar-refractivity contribution is -0.384. The van der Waals surface area contributed by atoms with E-state index in [1.807, 2.05) is 0 Å². The molecule has 0 aromatic heterocycles. The van der Waals surface area contributed by atoms with Crippen LogP contribution in [0.2, 0.25) is 0 Å². The number of Topliss-reactive ketones (excluding diaryl/α,β-unsaturated/α-hetero) is 1. The van der Waals surface area contributed by atoms with Gasteiger partial charge in [0.15, 0.2) is 17.6 Å². The monoisotopic (exact) mass is 353 g/mol. The summed E-state index contributed by atoms with van der Waals surface area (Å²) in [6.07, 6.45) is -0.834. The van der Waals surface area contributed by atoms with Crippen LogP contribution in [-0.4, -0.2) is 17.5 Å². The average Bonchev–Trinajstić information content (AvgIpc) is 3.23. The normalized spacial score (nSPS) is 19.2. The first-order valence-electron chi connectivity index (χ1n) is 7.77. The highest BCUT2D eigenvalue weighted by molar-refractivity contribution is 6.06. The van der Waals surface area contributed by atoms with Crippen molar-refractivity contribution >= 4 is 22.8 Å². The van der Waals surface area contributed by atoms with Crippen molar-refractivity contribution in [2.24, 2.45) is 0 Å². The highest BCUT2D eigenvalue weighted by Gasteiger charge is 2.40. The number of carbonyl (C=O) groups is 1. The Labute approximate surface area is 146 Å². The maximum Gasteiger partial charge on any atom is 0.271 e. The number of non-ortho nitro benzene ring substituents is 1. The standard InChI is InChI=1S/C17H11N3O6/c21-15-14-17(19-11-6-9(20(22)23)2-3-10(11)18-14)26-16(15)8-1-4-12-13(5-8)25-7-24-12/h1-6,16,18-19H,7H2/t16-/m1/s1. The zero-order chi connectivity index (χ0) is 17.8. The molecule has 0 aliphatic carbocycles. The number of nitrogens with zero attached hydrogens (tertiary/aromatic N) is 1. The number of ether oxygens (including phenoxy) is 3. The molecule has 2 aromatic carbocycles. The average molecular weight is 353 g/mol. The topological polar surface area (TPSA) is 112 Å². The Morgan fingerprint density at radius 2 is 1.88 bits per heavy atom. The van der Waals surface area contributed by atoms with Crippen LogP contribution in [-0.2, 0) is 9.53 Å². The first kappa shape index (κ1) is 14.6. The number of nitro groups is 1. The van der Waals surface area contributed by atoms with Gasteiger partial charge in [-0.2, -0.15) is 0 Å². The number of anilines is 2. The molecule has 0 bridgehead atoms. The fourth-order valence-corrected chi connectivity index (χ4v) is 3.09. The molecule has 3 aliphatic rings. The van der Waals surface area contributed by atoms with Crippen LogP contribution in [0.1, 0.15) is 11.7 Å². The maximum absolute atomic E-state index is 12.8. The van der Waals surface area contributed by atoms with E-state index in [-0.39, 0.29) is 29.8 Å². The van der Waals surface area contributed by atoms with E-state index in [2.05, 4.69) is 10.6 Å². The van der Waals surface area contributed by atoms with E-state index < -0.39 is 11.0 Å². The quantitative estimate of drug-likeness (QED) is 0.626. The van der Waals surface area contributed by atoms with Gasteiger partial charge in [0.05, 0.1) is 16.3 Å². The Balaban J connectivity index is 1.45. The third kappa shape index (κ3) is 2.07. The van der Waals surface area contributed by atoms with E-state index in [1.54, 1.807) is 24.3 Å². The first-order valence-corrected chi connectivity index (χ1v) is 7.77. The summed E-state index contributed by atoms with van der Waals surface area (Å²) in [6, 6.07) is 9.48. The molecule has 3 heterocycles. The molecular formula is C17H11N3O6. The zero-order valence-electron chi connectivity index (χ0n) is 13.1. The molecule has 9 heteroatoms. The van der Waals surface area contributed by atoms with Crippen LogP contribution in [0.3, 0.4) is 0 Å². The Morgan fingerprint density at radius 1 is 1.04 bits per heavy atom. The first-order chi connectivity index (χ1) is 12.6. The van der Waals surface area contributed by atoms with Gasteiger partial charge in [0, 0.05) is 17.7 Å². The lowest BCUT2D eigenvalue weighted by Gasteiger charge is -2.19. The molecule has 26 heavy (non-hydrogen) atoms. The smallest absolute Gasteiger partial charge is 0.271 e. The highest BCUT2D eigenvalue weighted by atomic mass is 16.7. The molecule has 2 aromatic rings. The van der Waals surface area contributed by atoms with E-state index in [1.165, 1.54) is 12.1 Å². The number of carbonyl (C=O) groups excluding carboxylic acids is 1. The van der Waals surface area contributed by atoms with Crippen LogP contribution in [0.25, 0.3) is 0 Å². The van der Waals surface area contributed by atoms with Crippen molar-refractivity contribution in [3.05, 3.63) is 63.7 Å². The predicted octanol–water partition coefficient (Wildman–Crippen LogP) is 2.67. The molecule has 130 valence electrons. The SMILES string of the molecule is O=C1C2=C(Nc3cc([N+](=O)[O-])ccc3N2)O[C@@H]1c1ccc2c(c1)OCO2. The van der Waals surface area contributed by atoms with Crippen molar-refractivity contribution < 1.29 is 23.9 Å². The second-order valence-corrected chi connectivity index (χ2v) is 5.92. The molecule has 0 amide bonds. The van der Waals surface area contributed by atoms with Crippen molar-refractivity contribution in [2.75, 3.05) is 17.4 Å². The van der Waals surface area contributed by atoms with E-state index in [0.29, 0.717) is 28.4 Å². The molecule has 0 spiro atoms. The van der Waals surface area contributed by atoms with Crippen molar-refractivity contribution in [1.82, 2.24) is 0 Å². The van der Waals surface area contributed by atoms with Crippen molar-refractivity contribution in [3.8, 4) is 11.5 Å². The maximum atomic E-state index is 12.8. The minimum Gasteiger partial charge on any atom is -0.461 e. The van der Waals surface area contributed by atoms with Gasteiger partial charge in [-0.1, -0.05) is 6.07 Å². The zero-order valence-corrected chi connectivity index (χ0v) is 13.1. The van der Waals surface area contributed by atoms with Gasteiger partial charge >= 0.3 is 0 Å². The van der Waals surface area contributed by atoms with Crippen LogP contribution >= 0.6 is 0 Å². The van der Waals surface area contributed by atoms with Crippen LogP contribution in [0.5, 0.6) is 11.5 Å². The van der Waals surface area contributed by atoms with Gasteiger partial charge in [0.1, 0.15) is 5.70 Å². The van der Waals surface area contributed by atoms with Gasteiger partial charge in [-0.3, -0.25) is 14.9 Å². The summed E-state index contributed by atoms with van der Waals surface area (Å²) in [4.78, 5) is 23.2. The van der Waals surface area contributed by atoms with E-state index >= 15 is 0 Å². The lowest BCUT2D eigenvalue weighted by atomic mass is 10.0. The largest absolute Gasteiger partial charge is 0.461 e. The summed E-state index contributed by atoms with van der Waals surface area (Å²) in [5.74, 6) is 1.18. The summed E-state index contributed by atoms with van der Waals surface area (Å²) in [6.45, 7) is 0.143. The van der Waals surface area contributed by atoms with Gasteiger partial charge in [0.25, 0.3) is 5.69 Å². The fraction of sp³-hybridized carbons (Fsp3) is 0.118. The van der Waals surface area contributed by atoms with Crippen LogP contribution in [0.15, 0.2) is 48.0 Å². The molecule has 3 aliphatic heterocycles. The number of fused-ring (bicyclic) bond motifs is 2. The Morgan fingerprint density at radius 3 is 2.73 bits per heavy atom. The minimum absolute atomic E-state index is 0.0567. The Bertz CT molecular complexity index is 1020. The number of rotatable bonds is 2.